The van der Waals surface area contributed by atoms with Crippen molar-refractivity contribution in [2.24, 2.45) is 0 Å². The topological polar surface area (TPSA) is 42.7 Å². The number of aromatic nitrogens is 3. The Kier molecular flexibility index (Phi) is 1.91. The third-order valence-electron chi connectivity index (χ3n) is 1.80. The molecular weight excluding hydrogens is 208 g/mol. The molecule has 60 valence electrons. The van der Waals surface area contributed by atoms with Crippen molar-refractivity contribution in [2.45, 2.75) is 19.5 Å². The first-order valence-electron chi connectivity index (χ1n) is 3.66. The zero-order valence-corrected chi connectivity index (χ0v) is 7.63. The zero-order valence-electron chi connectivity index (χ0n) is 6.05. The fourth-order valence-electron chi connectivity index (χ4n) is 1.23. The smallest absolute Gasteiger partial charge is 0.200 e. The average Bonchev–Trinajstić information content (AvgIpc) is 2.25. The van der Waals surface area contributed by atoms with Crippen molar-refractivity contribution >= 4 is 15.9 Å². The Bertz CT molecular complexity index is 257. The number of halogens is 1. The van der Waals surface area contributed by atoms with Crippen LogP contribution in [0.4, 0.5) is 0 Å². The van der Waals surface area contributed by atoms with Gasteiger partial charge in [-0.2, -0.15) is 0 Å². The number of fused-ring (bicyclic) bond motifs is 1. The van der Waals surface area contributed by atoms with Gasteiger partial charge in [0.2, 0.25) is 0 Å². The Morgan fingerprint density at radius 1 is 1.45 bits per heavy atom. The molecule has 0 saturated carbocycles. The summed E-state index contributed by atoms with van der Waals surface area (Å²) in [5.41, 5.74) is 0. The van der Waals surface area contributed by atoms with E-state index in [0.717, 1.165) is 36.6 Å². The van der Waals surface area contributed by atoms with Crippen LogP contribution < -0.4 is 5.32 Å². The van der Waals surface area contributed by atoms with Crippen molar-refractivity contribution in [1.29, 1.82) is 0 Å². The van der Waals surface area contributed by atoms with Gasteiger partial charge in [0.25, 0.3) is 0 Å². The summed E-state index contributed by atoms with van der Waals surface area (Å²) >= 11 is 3.35. The first-order valence-corrected chi connectivity index (χ1v) is 4.45. The van der Waals surface area contributed by atoms with Crippen LogP contribution in [0.1, 0.15) is 12.2 Å². The molecule has 4 nitrogen and oxygen atoms in total. The number of nitrogens with zero attached hydrogens (tertiary/aromatic N) is 3. The maximum Gasteiger partial charge on any atom is 0.200 e. The molecule has 2 rings (SSSR count). The van der Waals surface area contributed by atoms with Gasteiger partial charge in [0.05, 0.1) is 6.54 Å². The van der Waals surface area contributed by atoms with Crippen LogP contribution in [0, 0.1) is 0 Å². The van der Waals surface area contributed by atoms with Crippen molar-refractivity contribution in [3.8, 4) is 0 Å². The van der Waals surface area contributed by atoms with E-state index < -0.39 is 0 Å². The van der Waals surface area contributed by atoms with Gasteiger partial charge >= 0.3 is 0 Å². The Balaban J connectivity index is 2.35. The lowest BCUT2D eigenvalue weighted by Crippen LogP contribution is -2.12. The molecule has 2 heterocycles. The minimum absolute atomic E-state index is 0.832. The van der Waals surface area contributed by atoms with Crippen molar-refractivity contribution < 1.29 is 0 Å². The second-order valence-corrected chi connectivity index (χ2v) is 3.28. The molecule has 1 aliphatic rings. The number of hydrogen-bond acceptors (Lipinski definition) is 3. The van der Waals surface area contributed by atoms with Gasteiger partial charge < -0.3 is 9.88 Å². The monoisotopic (exact) mass is 216 g/mol. The first kappa shape index (κ1) is 7.24. The average molecular weight is 217 g/mol. The van der Waals surface area contributed by atoms with Gasteiger partial charge in [0, 0.05) is 6.54 Å². The largest absolute Gasteiger partial charge is 0.310 e. The number of nitrogens with one attached hydrogen (secondary N) is 1. The molecule has 0 fully saturated rings. The lowest BCUT2D eigenvalue weighted by molar-refractivity contribution is 0.632. The molecule has 1 aromatic rings. The van der Waals surface area contributed by atoms with Gasteiger partial charge in [-0.05, 0) is 28.9 Å². The molecule has 0 bridgehead atoms. The van der Waals surface area contributed by atoms with Gasteiger partial charge in [0.1, 0.15) is 5.82 Å². The normalized spacial score (nSPS) is 17.5. The summed E-state index contributed by atoms with van der Waals surface area (Å²) in [4.78, 5) is 0. The molecule has 11 heavy (non-hydrogen) atoms. The second-order valence-electron chi connectivity index (χ2n) is 2.57. The van der Waals surface area contributed by atoms with Crippen LogP contribution in [0.15, 0.2) is 4.73 Å². The summed E-state index contributed by atoms with van der Waals surface area (Å²) in [6, 6.07) is 0. The molecule has 0 atom stereocenters. The van der Waals surface area contributed by atoms with E-state index in [2.05, 4.69) is 36.0 Å². The number of hydrogen-bond donors (Lipinski definition) is 1. The quantitative estimate of drug-likeness (QED) is 0.689. The molecule has 0 aliphatic carbocycles. The summed E-state index contributed by atoms with van der Waals surface area (Å²) in [7, 11) is 0. The Morgan fingerprint density at radius 2 is 2.36 bits per heavy atom. The molecule has 0 unspecified atom stereocenters. The Hall–Kier alpha value is -0.420. The predicted molar refractivity (Wildman–Crippen MR) is 44.0 cm³/mol. The van der Waals surface area contributed by atoms with E-state index in [1.54, 1.807) is 0 Å². The van der Waals surface area contributed by atoms with Gasteiger partial charge in [0.15, 0.2) is 4.73 Å². The maximum absolute atomic E-state index is 4.02. The minimum Gasteiger partial charge on any atom is -0.310 e. The molecular formula is C6H9BrN4. The zero-order chi connectivity index (χ0) is 7.68. The molecule has 0 saturated heterocycles. The van der Waals surface area contributed by atoms with Crippen LogP contribution in [0.5, 0.6) is 0 Å². The van der Waals surface area contributed by atoms with Crippen LogP contribution in [0.25, 0.3) is 0 Å². The molecule has 0 spiro atoms. The molecule has 0 radical (unpaired) electrons. The van der Waals surface area contributed by atoms with Gasteiger partial charge in [-0.3, -0.25) is 0 Å². The SMILES string of the molecule is Brc1nnc2n1CCCNC2. The van der Waals surface area contributed by atoms with Crippen LogP contribution in [-0.4, -0.2) is 21.3 Å². The maximum atomic E-state index is 4.02. The first-order chi connectivity index (χ1) is 5.38. The van der Waals surface area contributed by atoms with E-state index in [1.807, 2.05) is 0 Å². The van der Waals surface area contributed by atoms with Crippen LogP contribution in [0.3, 0.4) is 0 Å². The van der Waals surface area contributed by atoms with Crippen molar-refractivity contribution in [2.75, 3.05) is 6.54 Å². The van der Waals surface area contributed by atoms with E-state index in [1.165, 1.54) is 0 Å². The van der Waals surface area contributed by atoms with Gasteiger partial charge in [-0.15, -0.1) is 10.2 Å². The highest BCUT2D eigenvalue weighted by Gasteiger charge is 2.11. The number of rotatable bonds is 0. The molecule has 1 N–H and O–H groups in total. The van der Waals surface area contributed by atoms with E-state index in [9.17, 15) is 0 Å². The van der Waals surface area contributed by atoms with Crippen LogP contribution in [0.2, 0.25) is 0 Å². The molecule has 0 aromatic carbocycles. The highest BCUT2D eigenvalue weighted by atomic mass is 79.9. The van der Waals surface area contributed by atoms with Crippen molar-refractivity contribution in [1.82, 2.24) is 20.1 Å². The Labute approximate surface area is 73.1 Å². The van der Waals surface area contributed by atoms with Gasteiger partial charge in [-0.25, -0.2) is 0 Å². The third kappa shape index (κ3) is 1.30. The minimum atomic E-state index is 0.832. The van der Waals surface area contributed by atoms with E-state index >= 15 is 0 Å². The van der Waals surface area contributed by atoms with E-state index in [4.69, 9.17) is 0 Å². The van der Waals surface area contributed by atoms with Crippen molar-refractivity contribution in [3.63, 3.8) is 0 Å². The van der Waals surface area contributed by atoms with E-state index in [-0.39, 0.29) is 0 Å². The summed E-state index contributed by atoms with van der Waals surface area (Å²) in [5, 5.41) is 11.2. The van der Waals surface area contributed by atoms with Crippen LogP contribution in [-0.2, 0) is 13.1 Å². The second kappa shape index (κ2) is 2.91. The highest BCUT2D eigenvalue weighted by Crippen LogP contribution is 2.11. The molecule has 1 aliphatic heterocycles. The fourth-order valence-corrected chi connectivity index (χ4v) is 1.69. The molecule has 5 heteroatoms. The van der Waals surface area contributed by atoms with Crippen molar-refractivity contribution in [3.05, 3.63) is 10.6 Å². The lowest BCUT2D eigenvalue weighted by Gasteiger charge is -1.99. The predicted octanol–water partition coefficient (Wildman–Crippen LogP) is 0.534. The summed E-state index contributed by atoms with van der Waals surface area (Å²) in [6.45, 7) is 2.91. The molecule has 0 amide bonds. The van der Waals surface area contributed by atoms with Gasteiger partial charge in [-0.1, -0.05) is 0 Å². The van der Waals surface area contributed by atoms with E-state index in [0.29, 0.717) is 0 Å². The lowest BCUT2D eigenvalue weighted by atomic mass is 10.4. The standard InChI is InChI=1S/C6H9BrN4/c7-6-10-9-5-4-8-2-1-3-11(5)6/h8H,1-4H2. The molecule has 1 aromatic heterocycles. The third-order valence-corrected chi connectivity index (χ3v) is 2.39. The summed E-state index contributed by atoms with van der Waals surface area (Å²) in [5.74, 6) is 1.02. The highest BCUT2D eigenvalue weighted by molar-refractivity contribution is 9.10. The fraction of sp³-hybridized carbons (Fsp3) is 0.667. The Morgan fingerprint density at radius 3 is 3.27 bits per heavy atom. The summed E-state index contributed by atoms with van der Waals surface area (Å²) < 4.78 is 2.94. The summed E-state index contributed by atoms with van der Waals surface area (Å²) in [6.07, 6.45) is 1.14. The van der Waals surface area contributed by atoms with Crippen LogP contribution >= 0.6 is 15.9 Å².